The molecule has 1 aliphatic heterocycles. The van der Waals surface area contributed by atoms with Crippen LogP contribution in [0.4, 0.5) is 0 Å². The number of benzene rings is 2. The summed E-state index contributed by atoms with van der Waals surface area (Å²) in [6.07, 6.45) is 2.19. The minimum Gasteiger partial charge on any atom is -0.376 e. The molecule has 0 atom stereocenters. The Labute approximate surface area is 193 Å². The average Bonchev–Trinajstić information content (AvgIpc) is 3.43. The predicted molar refractivity (Wildman–Crippen MR) is 133 cm³/mol. The van der Waals surface area contributed by atoms with Crippen LogP contribution in [0.3, 0.4) is 0 Å². The van der Waals surface area contributed by atoms with E-state index in [1.54, 1.807) is 11.3 Å². The molecule has 0 bridgehead atoms. The number of nitrogens with two attached hydrogens (primary N) is 1. The summed E-state index contributed by atoms with van der Waals surface area (Å²) >= 11 is 6.60. The highest BCUT2D eigenvalue weighted by molar-refractivity contribution is 7.80. The van der Waals surface area contributed by atoms with Gasteiger partial charge in [-0.1, -0.05) is 36.4 Å². The molecule has 4 aromatic rings. The van der Waals surface area contributed by atoms with Crippen molar-refractivity contribution in [3.05, 3.63) is 66.2 Å². The fourth-order valence-electron chi connectivity index (χ4n) is 4.21. The fourth-order valence-corrected chi connectivity index (χ4v) is 5.43. The zero-order valence-electron chi connectivity index (χ0n) is 17.1. The zero-order chi connectivity index (χ0) is 22.2. The van der Waals surface area contributed by atoms with Gasteiger partial charge in [-0.25, -0.2) is 0 Å². The Bertz CT molecular complexity index is 1400. The maximum atomic E-state index is 12.7. The molecule has 160 valence electrons. The van der Waals surface area contributed by atoms with Crippen molar-refractivity contribution in [3.8, 4) is 10.6 Å². The second kappa shape index (κ2) is 8.22. The summed E-state index contributed by atoms with van der Waals surface area (Å²) in [6.45, 7) is 1.34. The topological polar surface area (TPSA) is 89.2 Å². The molecule has 3 heterocycles. The molecule has 0 spiro atoms. The Balaban J connectivity index is 1.74. The molecule has 0 saturated carbocycles. The number of carbonyl (C=O) groups excluding carboxylic acids is 2. The molecule has 5 rings (SSSR count). The summed E-state index contributed by atoms with van der Waals surface area (Å²) in [7, 11) is 0. The van der Waals surface area contributed by atoms with Crippen LogP contribution in [-0.2, 0) is 16.1 Å². The lowest BCUT2D eigenvalue weighted by molar-refractivity contribution is -0.123. The maximum absolute atomic E-state index is 12.7. The molecule has 2 aromatic heterocycles. The third kappa shape index (κ3) is 3.57. The summed E-state index contributed by atoms with van der Waals surface area (Å²) in [4.78, 5) is 25.7. The van der Waals surface area contributed by atoms with Gasteiger partial charge in [0.15, 0.2) is 5.11 Å². The largest absolute Gasteiger partial charge is 0.376 e. The summed E-state index contributed by atoms with van der Waals surface area (Å²) in [5.41, 5.74) is 8.72. The first-order chi connectivity index (χ1) is 15.5. The molecule has 0 radical (unpaired) electrons. The molecule has 4 N–H and O–H groups in total. The Morgan fingerprint density at radius 2 is 1.91 bits per heavy atom. The number of thiocarbonyl (C=S) groups is 1. The number of carbonyl (C=O) groups is 2. The number of imide groups is 1. The van der Waals surface area contributed by atoms with Crippen molar-refractivity contribution >= 4 is 67.0 Å². The van der Waals surface area contributed by atoms with Crippen LogP contribution in [-0.4, -0.2) is 28.0 Å². The number of thiophene rings is 1. The van der Waals surface area contributed by atoms with Crippen molar-refractivity contribution in [3.63, 3.8) is 0 Å². The van der Waals surface area contributed by atoms with Gasteiger partial charge in [-0.05, 0) is 42.2 Å². The highest BCUT2D eigenvalue weighted by Crippen LogP contribution is 2.43. The number of amides is 2. The third-order valence-electron chi connectivity index (χ3n) is 5.51. The zero-order valence-corrected chi connectivity index (χ0v) is 18.7. The van der Waals surface area contributed by atoms with E-state index in [0.717, 1.165) is 38.8 Å². The average molecular weight is 461 g/mol. The highest BCUT2D eigenvalue weighted by atomic mass is 32.1. The normalized spacial score (nSPS) is 13.6. The quantitative estimate of drug-likeness (QED) is 0.231. The Morgan fingerprint density at radius 1 is 1.12 bits per heavy atom. The van der Waals surface area contributed by atoms with E-state index in [2.05, 4.69) is 33.4 Å². The van der Waals surface area contributed by atoms with Crippen molar-refractivity contribution in [1.29, 1.82) is 0 Å². The molecule has 6 nitrogen and oxygen atoms in total. The maximum Gasteiger partial charge on any atom is 0.259 e. The predicted octanol–water partition coefficient (Wildman–Crippen LogP) is 3.79. The van der Waals surface area contributed by atoms with Crippen LogP contribution in [0.15, 0.2) is 60.7 Å². The van der Waals surface area contributed by atoms with Crippen LogP contribution < -0.4 is 16.4 Å². The van der Waals surface area contributed by atoms with Crippen LogP contribution in [0.25, 0.3) is 37.1 Å². The minimum absolute atomic E-state index is 0.277. The summed E-state index contributed by atoms with van der Waals surface area (Å²) < 4.78 is 3.40. The van der Waals surface area contributed by atoms with Gasteiger partial charge in [0.05, 0.1) is 16.1 Å². The molecule has 0 aliphatic carbocycles. The molecule has 0 saturated heterocycles. The van der Waals surface area contributed by atoms with Crippen molar-refractivity contribution in [2.45, 2.75) is 13.0 Å². The summed E-state index contributed by atoms with van der Waals surface area (Å²) in [6, 6.07) is 18.3. The summed E-state index contributed by atoms with van der Waals surface area (Å²) in [5, 5.41) is 7.76. The molecule has 2 aromatic carbocycles. The smallest absolute Gasteiger partial charge is 0.259 e. The van der Waals surface area contributed by atoms with Crippen LogP contribution in [0, 0.1) is 0 Å². The number of fused-ring (bicyclic) bond motifs is 2. The monoisotopic (exact) mass is 460 g/mol. The SMILES string of the molecule is NC(=S)NCCCn1c(-c2cc3ccccc3s2)c(C2=CC(=O)NC2=O)c2ccccc21. The van der Waals surface area contributed by atoms with Gasteiger partial charge in [-0.3, -0.25) is 14.9 Å². The molecular weight excluding hydrogens is 440 g/mol. The van der Waals surface area contributed by atoms with Gasteiger partial charge in [-0.15, -0.1) is 11.3 Å². The number of hydrogen-bond donors (Lipinski definition) is 3. The lowest BCUT2D eigenvalue weighted by Crippen LogP contribution is -2.30. The number of rotatable bonds is 6. The van der Waals surface area contributed by atoms with E-state index in [1.807, 2.05) is 36.4 Å². The molecule has 0 unspecified atom stereocenters. The van der Waals surface area contributed by atoms with Crippen molar-refractivity contribution < 1.29 is 9.59 Å². The van der Waals surface area contributed by atoms with Crippen LogP contribution in [0.2, 0.25) is 0 Å². The van der Waals surface area contributed by atoms with Gasteiger partial charge in [0, 0.05) is 40.3 Å². The number of aryl methyl sites for hydroxylation is 1. The van der Waals surface area contributed by atoms with Gasteiger partial charge in [0.1, 0.15) is 0 Å². The molecular formula is C24H20N4O2S2. The number of nitrogens with zero attached hydrogens (tertiary/aromatic N) is 1. The van der Waals surface area contributed by atoms with E-state index in [-0.39, 0.29) is 16.9 Å². The van der Waals surface area contributed by atoms with Crippen LogP contribution >= 0.6 is 23.6 Å². The van der Waals surface area contributed by atoms with E-state index in [4.69, 9.17) is 18.0 Å². The van der Waals surface area contributed by atoms with E-state index >= 15 is 0 Å². The third-order valence-corrected chi connectivity index (χ3v) is 6.78. The number of hydrogen-bond acceptors (Lipinski definition) is 4. The number of aromatic nitrogens is 1. The lowest BCUT2D eigenvalue weighted by atomic mass is 10.0. The first kappa shape index (κ1) is 20.4. The first-order valence-corrected chi connectivity index (χ1v) is 11.5. The standard InChI is InChI=1S/C24H20N4O2S2/c25-24(31)26-10-5-11-28-17-8-3-2-7-15(17)21(16-13-20(29)27-23(16)30)22(28)19-12-14-6-1-4-9-18(14)32-19/h1-4,6-9,12-13H,5,10-11H2,(H3,25,26,31)(H,27,29,30). The van der Waals surface area contributed by atoms with Crippen molar-refractivity contribution in [1.82, 2.24) is 15.2 Å². The minimum atomic E-state index is -0.384. The first-order valence-electron chi connectivity index (χ1n) is 10.2. The Morgan fingerprint density at radius 3 is 2.66 bits per heavy atom. The van der Waals surface area contributed by atoms with Gasteiger partial charge < -0.3 is 15.6 Å². The van der Waals surface area contributed by atoms with Gasteiger partial charge in [0.2, 0.25) is 0 Å². The highest BCUT2D eigenvalue weighted by Gasteiger charge is 2.30. The fraction of sp³-hybridized carbons (Fsp3) is 0.125. The van der Waals surface area contributed by atoms with E-state index in [0.29, 0.717) is 18.7 Å². The number of nitrogens with one attached hydrogen (secondary N) is 2. The van der Waals surface area contributed by atoms with E-state index in [9.17, 15) is 9.59 Å². The molecule has 0 fully saturated rings. The van der Waals surface area contributed by atoms with Crippen molar-refractivity contribution in [2.75, 3.05) is 6.54 Å². The Kier molecular flexibility index (Phi) is 5.24. The molecule has 1 aliphatic rings. The Hall–Kier alpha value is -3.49. The lowest BCUT2D eigenvalue weighted by Gasteiger charge is -2.12. The van der Waals surface area contributed by atoms with E-state index < -0.39 is 0 Å². The van der Waals surface area contributed by atoms with Gasteiger partial charge >= 0.3 is 0 Å². The molecule has 2 amide bonds. The van der Waals surface area contributed by atoms with Crippen LogP contribution in [0.5, 0.6) is 0 Å². The second-order valence-electron chi connectivity index (χ2n) is 7.56. The summed E-state index contributed by atoms with van der Waals surface area (Å²) in [5.74, 6) is -0.750. The second-order valence-corrected chi connectivity index (χ2v) is 9.09. The van der Waals surface area contributed by atoms with Crippen molar-refractivity contribution in [2.24, 2.45) is 5.73 Å². The van der Waals surface area contributed by atoms with Crippen LogP contribution in [0.1, 0.15) is 12.0 Å². The molecule has 32 heavy (non-hydrogen) atoms. The molecule has 8 heteroatoms. The van der Waals surface area contributed by atoms with Gasteiger partial charge in [0.25, 0.3) is 11.8 Å². The van der Waals surface area contributed by atoms with E-state index in [1.165, 1.54) is 10.8 Å². The van der Waals surface area contributed by atoms with Gasteiger partial charge in [-0.2, -0.15) is 0 Å². The number of para-hydroxylation sites is 1.